The largest absolute Gasteiger partial charge is 0.493 e. The molecule has 0 spiro atoms. The van der Waals surface area contributed by atoms with E-state index in [0.717, 1.165) is 59.4 Å². The second-order valence-electron chi connectivity index (χ2n) is 10.5. The number of aryl methyl sites for hydroxylation is 2. The highest BCUT2D eigenvalue weighted by molar-refractivity contribution is 6.06. The fourth-order valence-electron chi connectivity index (χ4n) is 6.04. The molecule has 0 bridgehead atoms. The zero-order chi connectivity index (χ0) is 26.8. The SMILES string of the molecule is COCCN1C2=C(C(=O)CCC2)C(c2ccc(OCc3ccc(C)c(C)c3)c(OC)c2)C2=C1CCCC2=O. The van der Waals surface area contributed by atoms with Gasteiger partial charge in [0, 0.05) is 55.0 Å². The summed E-state index contributed by atoms with van der Waals surface area (Å²) in [7, 11) is 3.31. The molecule has 0 unspecified atom stereocenters. The second kappa shape index (κ2) is 11.2. The van der Waals surface area contributed by atoms with E-state index in [9.17, 15) is 9.59 Å². The molecule has 6 heteroatoms. The summed E-state index contributed by atoms with van der Waals surface area (Å²) < 4.78 is 17.3. The van der Waals surface area contributed by atoms with Gasteiger partial charge < -0.3 is 19.1 Å². The maximum absolute atomic E-state index is 13.4. The number of carbonyl (C=O) groups is 2. The van der Waals surface area contributed by atoms with Crippen LogP contribution in [-0.2, 0) is 20.9 Å². The summed E-state index contributed by atoms with van der Waals surface area (Å²) in [5.41, 5.74) is 8.13. The number of hydrogen-bond acceptors (Lipinski definition) is 6. The van der Waals surface area contributed by atoms with E-state index in [1.807, 2.05) is 18.2 Å². The van der Waals surface area contributed by atoms with E-state index in [1.165, 1.54) is 11.1 Å². The first-order valence-electron chi connectivity index (χ1n) is 13.6. The number of ether oxygens (including phenoxy) is 3. The Bertz CT molecular complexity index is 1280. The van der Waals surface area contributed by atoms with Crippen LogP contribution in [-0.4, -0.2) is 43.8 Å². The lowest BCUT2D eigenvalue weighted by Gasteiger charge is -2.44. The minimum atomic E-state index is -0.373. The number of benzene rings is 2. The van der Waals surface area contributed by atoms with Crippen LogP contribution in [0.2, 0.25) is 0 Å². The molecular formula is C32H37NO5. The van der Waals surface area contributed by atoms with Crippen molar-refractivity contribution in [2.75, 3.05) is 27.4 Å². The van der Waals surface area contributed by atoms with Crippen molar-refractivity contribution in [2.45, 2.75) is 64.9 Å². The quantitative estimate of drug-likeness (QED) is 0.433. The number of nitrogens with zero attached hydrogens (tertiary/aromatic N) is 1. The van der Waals surface area contributed by atoms with Crippen LogP contribution < -0.4 is 9.47 Å². The third-order valence-corrected chi connectivity index (χ3v) is 8.09. The molecular weight excluding hydrogens is 478 g/mol. The lowest BCUT2D eigenvalue weighted by Crippen LogP contribution is -2.40. The zero-order valence-electron chi connectivity index (χ0n) is 22.9. The van der Waals surface area contributed by atoms with Gasteiger partial charge in [-0.2, -0.15) is 0 Å². The number of rotatable bonds is 8. The molecule has 0 saturated carbocycles. The van der Waals surface area contributed by atoms with Crippen LogP contribution in [0.25, 0.3) is 0 Å². The highest BCUT2D eigenvalue weighted by Gasteiger charge is 2.43. The number of methoxy groups -OCH3 is 2. The van der Waals surface area contributed by atoms with Gasteiger partial charge in [-0.05, 0) is 73.9 Å². The van der Waals surface area contributed by atoms with Gasteiger partial charge in [0.1, 0.15) is 6.61 Å². The van der Waals surface area contributed by atoms with Gasteiger partial charge in [-0.25, -0.2) is 0 Å². The van der Waals surface area contributed by atoms with Gasteiger partial charge >= 0.3 is 0 Å². The summed E-state index contributed by atoms with van der Waals surface area (Å²) in [6.45, 7) is 5.81. The molecule has 3 aliphatic rings. The zero-order valence-corrected chi connectivity index (χ0v) is 22.9. The summed E-state index contributed by atoms with van der Waals surface area (Å²) in [6.07, 6.45) is 4.36. The molecule has 5 rings (SSSR count). The molecule has 0 aromatic heterocycles. The van der Waals surface area contributed by atoms with Gasteiger partial charge in [-0.1, -0.05) is 24.3 Å². The van der Waals surface area contributed by atoms with Crippen molar-refractivity contribution < 1.29 is 23.8 Å². The Morgan fingerprint density at radius 1 is 0.816 bits per heavy atom. The fourth-order valence-corrected chi connectivity index (χ4v) is 6.04. The van der Waals surface area contributed by atoms with Crippen molar-refractivity contribution in [3.63, 3.8) is 0 Å². The van der Waals surface area contributed by atoms with Crippen molar-refractivity contribution >= 4 is 11.6 Å². The molecule has 2 aromatic rings. The molecule has 1 aliphatic heterocycles. The standard InChI is InChI=1S/C32H37NO5/c1-20-11-12-22(17-21(20)2)19-38-28-14-13-23(18-29(28)37-4)30-31-24(7-5-9-26(31)34)33(15-16-36-3)25-8-6-10-27(35)32(25)30/h11-14,17-18,30H,5-10,15-16,19H2,1-4H3. The van der Waals surface area contributed by atoms with E-state index >= 15 is 0 Å². The Morgan fingerprint density at radius 2 is 1.50 bits per heavy atom. The third-order valence-electron chi connectivity index (χ3n) is 8.09. The maximum atomic E-state index is 13.4. The number of Topliss-reactive ketones (excluding diaryl/α,β-unsaturated/α-hetero) is 2. The smallest absolute Gasteiger partial charge is 0.161 e. The van der Waals surface area contributed by atoms with Gasteiger partial charge in [-0.15, -0.1) is 0 Å². The van der Waals surface area contributed by atoms with Crippen LogP contribution in [0.4, 0.5) is 0 Å². The van der Waals surface area contributed by atoms with Gasteiger partial charge in [0.2, 0.25) is 0 Å². The number of carbonyl (C=O) groups excluding carboxylic acids is 2. The molecule has 0 radical (unpaired) electrons. The fraction of sp³-hybridized carbons (Fsp3) is 0.438. The van der Waals surface area contributed by atoms with Crippen LogP contribution in [0.5, 0.6) is 11.5 Å². The van der Waals surface area contributed by atoms with Crippen LogP contribution in [0, 0.1) is 13.8 Å². The monoisotopic (exact) mass is 515 g/mol. The second-order valence-corrected chi connectivity index (χ2v) is 10.5. The highest BCUT2D eigenvalue weighted by Crippen LogP contribution is 2.50. The Morgan fingerprint density at radius 3 is 2.11 bits per heavy atom. The molecule has 2 aliphatic carbocycles. The first-order valence-corrected chi connectivity index (χ1v) is 13.6. The Hall–Kier alpha value is -3.38. The molecule has 0 saturated heterocycles. The van der Waals surface area contributed by atoms with Crippen molar-refractivity contribution in [3.8, 4) is 11.5 Å². The average molecular weight is 516 g/mol. The van der Waals surface area contributed by atoms with E-state index in [2.05, 4.69) is 36.9 Å². The highest BCUT2D eigenvalue weighted by atomic mass is 16.5. The van der Waals surface area contributed by atoms with Crippen molar-refractivity contribution in [2.24, 2.45) is 0 Å². The molecule has 200 valence electrons. The maximum Gasteiger partial charge on any atom is 0.161 e. The minimum absolute atomic E-state index is 0.137. The molecule has 2 aromatic carbocycles. The molecule has 0 amide bonds. The van der Waals surface area contributed by atoms with Crippen molar-refractivity contribution in [1.82, 2.24) is 4.90 Å². The van der Waals surface area contributed by atoms with Crippen LogP contribution in [0.3, 0.4) is 0 Å². The first-order chi connectivity index (χ1) is 18.4. The molecule has 38 heavy (non-hydrogen) atoms. The van der Waals surface area contributed by atoms with E-state index in [0.29, 0.717) is 44.1 Å². The molecule has 0 fully saturated rings. The van der Waals surface area contributed by atoms with Gasteiger partial charge in [-0.3, -0.25) is 9.59 Å². The molecule has 1 heterocycles. The minimum Gasteiger partial charge on any atom is -0.493 e. The van der Waals surface area contributed by atoms with Crippen molar-refractivity contribution in [3.05, 3.63) is 81.2 Å². The molecule has 0 atom stereocenters. The number of allylic oxidation sites excluding steroid dienone is 4. The molecule has 0 N–H and O–H groups in total. The first kappa shape index (κ1) is 26.2. The topological polar surface area (TPSA) is 65.1 Å². The number of hydrogen-bond donors (Lipinski definition) is 0. The summed E-state index contributed by atoms with van der Waals surface area (Å²) >= 11 is 0. The Labute approximate surface area is 225 Å². The summed E-state index contributed by atoms with van der Waals surface area (Å²) in [5, 5.41) is 0. The van der Waals surface area contributed by atoms with Crippen molar-refractivity contribution in [1.29, 1.82) is 0 Å². The van der Waals surface area contributed by atoms with E-state index in [4.69, 9.17) is 14.2 Å². The van der Waals surface area contributed by atoms with Crippen LogP contribution in [0.1, 0.15) is 66.7 Å². The average Bonchev–Trinajstić information content (AvgIpc) is 2.92. The predicted molar refractivity (Wildman–Crippen MR) is 146 cm³/mol. The number of ketones is 2. The van der Waals surface area contributed by atoms with E-state index < -0.39 is 0 Å². The Balaban J connectivity index is 1.53. The van der Waals surface area contributed by atoms with Gasteiger partial charge in [0.25, 0.3) is 0 Å². The predicted octanol–water partition coefficient (Wildman–Crippen LogP) is 5.95. The normalized spacial score (nSPS) is 18.1. The lowest BCUT2D eigenvalue weighted by molar-refractivity contribution is -0.117. The Kier molecular flexibility index (Phi) is 7.70. The summed E-state index contributed by atoms with van der Waals surface area (Å²) in [5.74, 6) is 1.14. The van der Waals surface area contributed by atoms with Crippen LogP contribution >= 0.6 is 0 Å². The third kappa shape index (κ3) is 4.90. The van der Waals surface area contributed by atoms with Crippen LogP contribution in [0.15, 0.2) is 58.9 Å². The van der Waals surface area contributed by atoms with E-state index in [1.54, 1.807) is 14.2 Å². The van der Waals surface area contributed by atoms with Gasteiger partial charge in [0.15, 0.2) is 23.1 Å². The summed E-state index contributed by atoms with van der Waals surface area (Å²) in [4.78, 5) is 29.1. The van der Waals surface area contributed by atoms with E-state index in [-0.39, 0.29) is 17.5 Å². The van der Waals surface area contributed by atoms with Gasteiger partial charge in [0.05, 0.1) is 13.7 Å². The lowest BCUT2D eigenvalue weighted by atomic mass is 9.71. The summed E-state index contributed by atoms with van der Waals surface area (Å²) in [6, 6.07) is 12.2. The molecule has 6 nitrogen and oxygen atoms in total.